The molecule has 0 aromatic carbocycles. The fraction of sp³-hybridized carbons (Fsp3) is 0.692. The van der Waals surface area contributed by atoms with Crippen molar-refractivity contribution in [1.82, 2.24) is 0 Å². The number of allylic oxidation sites excluding steroid dienone is 2. The van der Waals surface area contributed by atoms with Gasteiger partial charge < -0.3 is 5.11 Å². The molecule has 1 heteroatoms. The van der Waals surface area contributed by atoms with Crippen molar-refractivity contribution in [2.75, 3.05) is 0 Å². The first-order chi connectivity index (χ1) is 6.45. The first-order valence-corrected chi connectivity index (χ1v) is 5.52. The van der Waals surface area contributed by atoms with Gasteiger partial charge in [0.2, 0.25) is 0 Å². The van der Waals surface area contributed by atoms with Gasteiger partial charge in [-0.1, -0.05) is 45.4 Å². The average molecular weight is 194 g/mol. The summed E-state index contributed by atoms with van der Waals surface area (Å²) in [7, 11) is 0. The van der Waals surface area contributed by atoms with Gasteiger partial charge in [-0.3, -0.25) is 0 Å². The third kappa shape index (κ3) is 2.09. The molecule has 0 aromatic heterocycles. The SMILES string of the molecule is CC1=C(C(C)C)C=CC(O)[C@H]1C(C)C. The zero-order valence-electron chi connectivity index (χ0n) is 9.91. The van der Waals surface area contributed by atoms with Gasteiger partial charge >= 0.3 is 0 Å². The average Bonchev–Trinajstić information content (AvgIpc) is 2.02. The Labute approximate surface area is 87.5 Å². The van der Waals surface area contributed by atoms with Crippen molar-refractivity contribution >= 4 is 0 Å². The lowest BCUT2D eigenvalue weighted by molar-refractivity contribution is 0.140. The van der Waals surface area contributed by atoms with Gasteiger partial charge in [0.15, 0.2) is 0 Å². The van der Waals surface area contributed by atoms with Crippen molar-refractivity contribution in [3.8, 4) is 0 Å². The van der Waals surface area contributed by atoms with Crippen LogP contribution in [0.2, 0.25) is 0 Å². The normalized spacial score (nSPS) is 28.0. The Morgan fingerprint density at radius 1 is 1.21 bits per heavy atom. The highest BCUT2D eigenvalue weighted by atomic mass is 16.3. The van der Waals surface area contributed by atoms with Crippen LogP contribution >= 0.6 is 0 Å². The minimum atomic E-state index is -0.294. The van der Waals surface area contributed by atoms with Gasteiger partial charge in [0.05, 0.1) is 6.10 Å². The zero-order chi connectivity index (χ0) is 10.9. The first-order valence-electron chi connectivity index (χ1n) is 5.52. The van der Waals surface area contributed by atoms with Crippen molar-refractivity contribution < 1.29 is 5.11 Å². The van der Waals surface area contributed by atoms with Crippen molar-refractivity contribution in [3.05, 3.63) is 23.3 Å². The summed E-state index contributed by atoms with van der Waals surface area (Å²) >= 11 is 0. The van der Waals surface area contributed by atoms with E-state index in [0.717, 1.165) is 0 Å². The molecule has 0 aliphatic heterocycles. The summed E-state index contributed by atoms with van der Waals surface area (Å²) < 4.78 is 0. The molecule has 0 spiro atoms. The summed E-state index contributed by atoms with van der Waals surface area (Å²) in [5.74, 6) is 1.36. The van der Waals surface area contributed by atoms with Gasteiger partial charge in [-0.15, -0.1) is 0 Å². The Hall–Kier alpha value is -0.560. The molecule has 1 N–H and O–H groups in total. The molecule has 0 radical (unpaired) electrons. The van der Waals surface area contributed by atoms with E-state index in [0.29, 0.717) is 17.8 Å². The smallest absolute Gasteiger partial charge is 0.0791 e. The van der Waals surface area contributed by atoms with Crippen LogP contribution in [0.15, 0.2) is 23.3 Å². The van der Waals surface area contributed by atoms with Crippen LogP contribution in [-0.2, 0) is 0 Å². The summed E-state index contributed by atoms with van der Waals surface area (Å²) in [4.78, 5) is 0. The predicted octanol–water partition coefficient (Wildman–Crippen LogP) is 3.16. The molecule has 0 fully saturated rings. The summed E-state index contributed by atoms with van der Waals surface area (Å²) in [5.41, 5.74) is 2.76. The molecule has 0 heterocycles. The monoisotopic (exact) mass is 194 g/mol. The van der Waals surface area contributed by atoms with Crippen molar-refractivity contribution in [2.24, 2.45) is 17.8 Å². The van der Waals surface area contributed by atoms with Crippen molar-refractivity contribution in [3.63, 3.8) is 0 Å². The molecule has 0 saturated carbocycles. The molecular weight excluding hydrogens is 172 g/mol. The quantitative estimate of drug-likeness (QED) is 0.716. The van der Waals surface area contributed by atoms with Gasteiger partial charge in [-0.05, 0) is 24.3 Å². The van der Waals surface area contributed by atoms with E-state index in [1.54, 1.807) is 0 Å². The first kappa shape index (κ1) is 11.5. The second-order valence-electron chi connectivity index (χ2n) is 4.91. The maximum absolute atomic E-state index is 9.89. The third-order valence-corrected chi connectivity index (χ3v) is 3.14. The van der Waals surface area contributed by atoms with Crippen LogP contribution in [0.4, 0.5) is 0 Å². The summed E-state index contributed by atoms with van der Waals surface area (Å²) in [6, 6.07) is 0. The second-order valence-corrected chi connectivity index (χ2v) is 4.91. The Morgan fingerprint density at radius 3 is 2.21 bits per heavy atom. The maximum atomic E-state index is 9.89. The number of rotatable bonds is 2. The highest BCUT2D eigenvalue weighted by molar-refractivity contribution is 5.34. The van der Waals surface area contributed by atoms with Gasteiger partial charge in [-0.2, -0.15) is 0 Å². The minimum Gasteiger partial charge on any atom is -0.388 e. The Balaban J connectivity index is 3.02. The molecule has 0 amide bonds. The molecule has 0 saturated heterocycles. The van der Waals surface area contributed by atoms with Crippen LogP contribution in [0.5, 0.6) is 0 Å². The largest absolute Gasteiger partial charge is 0.388 e. The topological polar surface area (TPSA) is 20.2 Å². The predicted molar refractivity (Wildman–Crippen MR) is 61.0 cm³/mol. The van der Waals surface area contributed by atoms with E-state index >= 15 is 0 Å². The molecule has 1 nitrogen and oxygen atoms in total. The van der Waals surface area contributed by atoms with Crippen LogP contribution in [0.3, 0.4) is 0 Å². The van der Waals surface area contributed by atoms with Crippen LogP contribution < -0.4 is 0 Å². The van der Waals surface area contributed by atoms with E-state index in [1.165, 1.54) is 11.1 Å². The second kappa shape index (κ2) is 4.31. The maximum Gasteiger partial charge on any atom is 0.0791 e. The Kier molecular flexibility index (Phi) is 3.54. The van der Waals surface area contributed by atoms with Gasteiger partial charge in [-0.25, -0.2) is 0 Å². The Bertz CT molecular complexity index is 258. The molecule has 0 aromatic rings. The van der Waals surface area contributed by atoms with E-state index in [-0.39, 0.29) is 6.10 Å². The fourth-order valence-electron chi connectivity index (χ4n) is 2.44. The van der Waals surface area contributed by atoms with E-state index < -0.39 is 0 Å². The van der Waals surface area contributed by atoms with Crippen LogP contribution in [0.25, 0.3) is 0 Å². The van der Waals surface area contributed by atoms with Crippen molar-refractivity contribution in [1.29, 1.82) is 0 Å². The van der Waals surface area contributed by atoms with Crippen LogP contribution in [-0.4, -0.2) is 11.2 Å². The molecule has 14 heavy (non-hydrogen) atoms. The van der Waals surface area contributed by atoms with Gasteiger partial charge in [0.1, 0.15) is 0 Å². The molecular formula is C13H22O. The van der Waals surface area contributed by atoms with E-state index in [1.807, 2.05) is 6.08 Å². The third-order valence-electron chi connectivity index (χ3n) is 3.14. The highest BCUT2D eigenvalue weighted by Gasteiger charge is 2.27. The lowest BCUT2D eigenvalue weighted by atomic mass is 9.76. The fourth-order valence-corrected chi connectivity index (χ4v) is 2.44. The number of hydrogen-bond acceptors (Lipinski definition) is 1. The molecule has 0 bridgehead atoms. The van der Waals surface area contributed by atoms with Crippen molar-refractivity contribution in [2.45, 2.75) is 40.7 Å². The van der Waals surface area contributed by atoms with Gasteiger partial charge in [0, 0.05) is 5.92 Å². The van der Waals surface area contributed by atoms with E-state index in [4.69, 9.17) is 0 Å². The molecule has 1 aliphatic carbocycles. The standard InChI is InChI=1S/C13H22O/c1-8(2)11-6-7-12(14)13(9(3)4)10(11)5/h6-9,12-14H,1-5H3/t12?,13-/m0/s1. The summed E-state index contributed by atoms with van der Waals surface area (Å²) in [6.45, 7) is 10.9. The molecule has 1 rings (SSSR count). The Morgan fingerprint density at radius 2 is 1.79 bits per heavy atom. The lowest BCUT2D eigenvalue weighted by Gasteiger charge is -2.31. The number of hydrogen-bond donors (Lipinski definition) is 1. The highest BCUT2D eigenvalue weighted by Crippen LogP contribution is 2.33. The minimum absolute atomic E-state index is 0.294. The summed E-state index contributed by atoms with van der Waals surface area (Å²) in [6.07, 6.45) is 3.73. The molecule has 80 valence electrons. The van der Waals surface area contributed by atoms with E-state index in [2.05, 4.69) is 40.7 Å². The number of aliphatic hydroxyl groups excluding tert-OH is 1. The molecule has 2 atom stereocenters. The lowest BCUT2D eigenvalue weighted by Crippen LogP contribution is -2.28. The summed E-state index contributed by atoms with van der Waals surface area (Å²) in [5, 5.41) is 9.89. The molecule has 1 unspecified atom stereocenters. The van der Waals surface area contributed by atoms with Gasteiger partial charge in [0.25, 0.3) is 0 Å². The van der Waals surface area contributed by atoms with E-state index in [9.17, 15) is 5.11 Å². The van der Waals surface area contributed by atoms with Crippen LogP contribution in [0.1, 0.15) is 34.6 Å². The zero-order valence-corrected chi connectivity index (χ0v) is 9.91. The number of aliphatic hydroxyl groups is 1. The van der Waals surface area contributed by atoms with Crippen LogP contribution in [0, 0.1) is 17.8 Å². The molecule has 1 aliphatic rings.